The van der Waals surface area contributed by atoms with Crippen LogP contribution in [0.4, 0.5) is 23.3 Å². The van der Waals surface area contributed by atoms with E-state index in [1.54, 1.807) is 43.5 Å². The van der Waals surface area contributed by atoms with Gasteiger partial charge in [-0.05, 0) is 49.2 Å². The van der Waals surface area contributed by atoms with Gasteiger partial charge in [0.05, 0.1) is 36.5 Å². The Kier molecular flexibility index (Phi) is 8.91. The smallest absolute Gasteiger partial charge is 0.262 e. The first-order valence-electron chi connectivity index (χ1n) is 13.8. The fourth-order valence-electron chi connectivity index (χ4n) is 4.85. The van der Waals surface area contributed by atoms with E-state index >= 15 is 0 Å². The Labute approximate surface area is 255 Å². The fourth-order valence-corrected chi connectivity index (χ4v) is 5.17. The van der Waals surface area contributed by atoms with E-state index in [0.29, 0.717) is 53.8 Å². The van der Waals surface area contributed by atoms with Crippen LogP contribution in [0.1, 0.15) is 29.3 Å². The number of anilines is 4. The summed E-state index contributed by atoms with van der Waals surface area (Å²) in [6.45, 7) is 2.68. The third-order valence-corrected chi connectivity index (χ3v) is 7.36. The molecule has 2 aliphatic rings. The van der Waals surface area contributed by atoms with Gasteiger partial charge in [0.1, 0.15) is 17.1 Å². The first kappa shape index (κ1) is 29.6. The molecule has 2 amide bonds. The molecule has 1 aliphatic heterocycles. The van der Waals surface area contributed by atoms with Gasteiger partial charge in [-0.1, -0.05) is 36.4 Å². The quantitative estimate of drug-likeness (QED) is 0.242. The molecule has 2 unspecified atom stereocenters. The number of aliphatic imine (C=N–C) groups is 1. The summed E-state index contributed by atoms with van der Waals surface area (Å²) in [5.74, 6) is 0.991. The number of methoxy groups -OCH3 is 1. The average molecular weight is 601 g/mol. The predicted octanol–water partition coefficient (Wildman–Crippen LogP) is 4.45. The topological polar surface area (TPSA) is 138 Å². The number of carbonyl (C=O) groups excluding carboxylic acids is 2. The van der Waals surface area contributed by atoms with Gasteiger partial charge in [-0.25, -0.2) is 0 Å². The Morgan fingerprint density at radius 1 is 1.21 bits per heavy atom. The number of nitrogens with two attached hydrogens (primary N) is 1. The molecule has 4 N–H and O–H groups in total. The van der Waals surface area contributed by atoms with Crippen molar-refractivity contribution < 1.29 is 14.3 Å². The Morgan fingerprint density at radius 2 is 1.95 bits per heavy atom. The number of nitrogens with zero attached hydrogens (tertiary/aromatic N) is 5. The fraction of sp³-hybridized carbons (Fsp3) is 0.258. The number of carbonyl (C=O) groups is 2. The molecule has 1 aromatic heterocycles. The van der Waals surface area contributed by atoms with E-state index in [4.69, 9.17) is 22.1 Å². The molecule has 0 saturated heterocycles. The number of benzene rings is 2. The second-order valence-corrected chi connectivity index (χ2v) is 10.8. The third kappa shape index (κ3) is 6.78. The zero-order valence-corrected chi connectivity index (χ0v) is 24.9. The van der Waals surface area contributed by atoms with Crippen molar-refractivity contribution in [2.75, 3.05) is 42.1 Å². The number of hydrogen-bond donors (Lipinski definition) is 3. The van der Waals surface area contributed by atoms with E-state index in [1.165, 1.54) is 0 Å². The van der Waals surface area contributed by atoms with Gasteiger partial charge in [0.15, 0.2) is 5.82 Å². The lowest BCUT2D eigenvalue weighted by Gasteiger charge is -2.36. The van der Waals surface area contributed by atoms with Crippen LogP contribution in [0.3, 0.4) is 0 Å². The second kappa shape index (κ2) is 13.0. The van der Waals surface area contributed by atoms with Crippen LogP contribution in [0.2, 0.25) is 0 Å². The maximum Gasteiger partial charge on any atom is 0.262 e. The van der Waals surface area contributed by atoms with Gasteiger partial charge in [0.2, 0.25) is 5.95 Å². The second-order valence-electron chi connectivity index (χ2n) is 10.3. The molecule has 2 heterocycles. The van der Waals surface area contributed by atoms with E-state index in [1.807, 2.05) is 60.4 Å². The molecular formula is C31H33ClN8O3. The van der Waals surface area contributed by atoms with E-state index < -0.39 is 11.4 Å². The number of halogens is 1. The van der Waals surface area contributed by atoms with Gasteiger partial charge in [0, 0.05) is 25.5 Å². The first-order chi connectivity index (χ1) is 20.7. The summed E-state index contributed by atoms with van der Waals surface area (Å²) < 4.78 is 5.26. The Bertz CT molecular complexity index is 1590. The van der Waals surface area contributed by atoms with Crippen LogP contribution in [0.15, 0.2) is 83.0 Å². The Balaban J connectivity index is 1.39. The summed E-state index contributed by atoms with van der Waals surface area (Å²) >= 11 is 6.55. The van der Waals surface area contributed by atoms with E-state index in [-0.39, 0.29) is 17.8 Å². The molecule has 2 aromatic carbocycles. The summed E-state index contributed by atoms with van der Waals surface area (Å²) in [7, 11) is 3.35. The number of aromatic nitrogens is 2. The maximum absolute atomic E-state index is 13.3. The number of amides is 2. The largest absolute Gasteiger partial charge is 0.497 e. The van der Waals surface area contributed by atoms with Crippen LogP contribution >= 0.6 is 11.6 Å². The van der Waals surface area contributed by atoms with Crippen molar-refractivity contribution in [1.82, 2.24) is 14.9 Å². The van der Waals surface area contributed by atoms with Gasteiger partial charge in [-0.15, -0.1) is 11.6 Å². The number of fused-ring (bicyclic) bond motifs is 1. The molecule has 222 valence electrons. The third-order valence-electron chi connectivity index (χ3n) is 6.97. The molecule has 12 heteroatoms. The van der Waals surface area contributed by atoms with Gasteiger partial charge in [-0.2, -0.15) is 9.97 Å². The number of alkyl halides is 1. The summed E-state index contributed by atoms with van der Waals surface area (Å²) in [5.41, 5.74) is 8.95. The number of nitrogens with one attached hydrogen (secondary N) is 2. The van der Waals surface area contributed by atoms with Crippen molar-refractivity contribution in [3.05, 3.63) is 89.1 Å². The van der Waals surface area contributed by atoms with Crippen molar-refractivity contribution in [1.29, 1.82) is 0 Å². The minimum atomic E-state index is -0.525. The highest BCUT2D eigenvalue weighted by atomic mass is 35.5. The predicted molar refractivity (Wildman–Crippen MR) is 170 cm³/mol. The molecule has 3 aromatic rings. The maximum atomic E-state index is 13.3. The van der Waals surface area contributed by atoms with Crippen molar-refractivity contribution in [2.45, 2.75) is 31.3 Å². The van der Waals surface area contributed by atoms with E-state index in [9.17, 15) is 9.59 Å². The van der Waals surface area contributed by atoms with Gasteiger partial charge in [-0.3, -0.25) is 14.6 Å². The highest BCUT2D eigenvalue weighted by Gasteiger charge is 2.33. The minimum absolute atomic E-state index is 0.0326. The molecule has 43 heavy (non-hydrogen) atoms. The summed E-state index contributed by atoms with van der Waals surface area (Å²) in [6.07, 6.45) is 5.82. The summed E-state index contributed by atoms with van der Waals surface area (Å²) in [5, 5.41) is 5.61. The van der Waals surface area contributed by atoms with Crippen molar-refractivity contribution in [2.24, 2.45) is 4.99 Å². The molecule has 2 atom stereocenters. The zero-order chi connectivity index (χ0) is 30.5. The standard InChI is InChI=1S/C31H33ClN8O3/c1-19(16-34-24-11-7-10-23(32)25(24)29(41)36-21-8-5-4-6-9-21)35-27-26-28(38-31(33)37-27)40(18-39(2)30(26)42)17-20-12-14-22(43-3)15-13-20/h4-9,11-16,19,23H,10,17-18H2,1-3H3,(H,36,41)(H3,33,35,37,38). The number of nitrogen functional groups attached to an aromatic ring is 1. The molecule has 0 radical (unpaired) electrons. The normalized spacial score (nSPS) is 17.2. The molecule has 5 rings (SSSR count). The first-order valence-corrected chi connectivity index (χ1v) is 14.2. The minimum Gasteiger partial charge on any atom is -0.497 e. The highest BCUT2D eigenvalue weighted by molar-refractivity contribution is 6.27. The lowest BCUT2D eigenvalue weighted by Crippen LogP contribution is -2.45. The number of hydrogen-bond acceptors (Lipinski definition) is 9. The van der Waals surface area contributed by atoms with E-state index in [2.05, 4.69) is 25.6 Å². The molecule has 11 nitrogen and oxygen atoms in total. The van der Waals surface area contributed by atoms with Crippen LogP contribution in [-0.2, 0) is 11.3 Å². The van der Waals surface area contributed by atoms with E-state index in [0.717, 1.165) is 11.3 Å². The zero-order valence-electron chi connectivity index (χ0n) is 24.1. The summed E-state index contributed by atoms with van der Waals surface area (Å²) in [6, 6.07) is 16.5. The SMILES string of the molecule is COc1ccc(CN2CN(C)C(=O)c3c(NC(C)C=NC4=C(C(=O)Nc5ccccc5)C(Cl)CC=C4)nc(N)nc32)cc1. The van der Waals surface area contributed by atoms with Crippen LogP contribution in [0, 0.1) is 0 Å². The average Bonchev–Trinajstić information content (AvgIpc) is 2.99. The van der Waals surface area contributed by atoms with Crippen LogP contribution in [0.5, 0.6) is 5.75 Å². The Hall–Kier alpha value is -4.90. The number of ether oxygens (including phenoxy) is 1. The number of rotatable bonds is 9. The van der Waals surface area contributed by atoms with Crippen molar-refractivity contribution in [3.8, 4) is 5.75 Å². The molecule has 1 aliphatic carbocycles. The van der Waals surface area contributed by atoms with Gasteiger partial charge < -0.3 is 30.9 Å². The highest BCUT2D eigenvalue weighted by Crippen LogP contribution is 2.32. The summed E-state index contributed by atoms with van der Waals surface area (Å²) in [4.78, 5) is 43.4. The molecular weight excluding hydrogens is 568 g/mol. The Morgan fingerprint density at radius 3 is 2.67 bits per heavy atom. The van der Waals surface area contributed by atoms with Gasteiger partial charge in [0.25, 0.3) is 11.8 Å². The van der Waals surface area contributed by atoms with Crippen LogP contribution in [0.25, 0.3) is 0 Å². The molecule has 0 saturated carbocycles. The monoisotopic (exact) mass is 600 g/mol. The molecule has 0 fully saturated rings. The van der Waals surface area contributed by atoms with Gasteiger partial charge >= 0.3 is 0 Å². The van der Waals surface area contributed by atoms with Crippen molar-refractivity contribution >= 4 is 52.9 Å². The lowest BCUT2D eigenvalue weighted by molar-refractivity contribution is -0.113. The van der Waals surface area contributed by atoms with Crippen LogP contribution < -0.4 is 26.0 Å². The van der Waals surface area contributed by atoms with Crippen LogP contribution in [-0.4, -0.2) is 65.1 Å². The van der Waals surface area contributed by atoms with Crippen molar-refractivity contribution in [3.63, 3.8) is 0 Å². The number of para-hydroxylation sites is 1. The lowest BCUT2D eigenvalue weighted by atomic mass is 10.0. The molecule has 0 bridgehead atoms. The molecule has 0 spiro atoms. The number of allylic oxidation sites excluding steroid dienone is 2.